The van der Waals surface area contributed by atoms with Crippen LogP contribution in [0.4, 0.5) is 20.5 Å². The highest BCUT2D eigenvalue weighted by molar-refractivity contribution is 5.51. The summed E-state index contributed by atoms with van der Waals surface area (Å²) in [6, 6.07) is 3.53. The third-order valence-corrected chi connectivity index (χ3v) is 1.70. The second kappa shape index (κ2) is 3.64. The Morgan fingerprint density at radius 3 is 2.60 bits per heavy atom. The van der Waals surface area contributed by atoms with Crippen LogP contribution in [0.2, 0.25) is 0 Å². The number of nitrogens with one attached hydrogen (secondary N) is 1. The van der Waals surface area contributed by atoms with Crippen LogP contribution in [0.15, 0.2) is 22.6 Å². The Morgan fingerprint density at radius 1 is 1.20 bits per heavy atom. The van der Waals surface area contributed by atoms with Gasteiger partial charge in [0.05, 0.1) is 0 Å². The lowest BCUT2D eigenvalue weighted by Crippen LogP contribution is -1.92. The Bertz CT molecular complexity index is 484. The van der Waals surface area contributed by atoms with Crippen LogP contribution in [-0.2, 0) is 0 Å². The van der Waals surface area contributed by atoms with Gasteiger partial charge in [0.15, 0.2) is 11.6 Å². The van der Waals surface area contributed by atoms with Crippen LogP contribution in [0.1, 0.15) is 5.89 Å². The first-order valence-electron chi connectivity index (χ1n) is 4.17. The highest BCUT2D eigenvalue weighted by Gasteiger charge is 2.05. The molecule has 0 aliphatic rings. The van der Waals surface area contributed by atoms with Gasteiger partial charge in [-0.25, -0.2) is 8.78 Å². The number of aromatic nitrogens is 2. The second-order valence-electron chi connectivity index (χ2n) is 2.88. The van der Waals surface area contributed by atoms with Crippen LogP contribution in [0.5, 0.6) is 0 Å². The van der Waals surface area contributed by atoms with E-state index >= 15 is 0 Å². The van der Waals surface area contributed by atoms with Gasteiger partial charge in [-0.05, 0) is 12.1 Å². The zero-order valence-electron chi connectivity index (χ0n) is 7.79. The van der Waals surface area contributed by atoms with Crippen molar-refractivity contribution in [1.29, 1.82) is 0 Å². The lowest BCUT2D eigenvalue weighted by molar-refractivity contribution is 0.508. The molecule has 1 aromatic heterocycles. The van der Waals surface area contributed by atoms with E-state index in [0.29, 0.717) is 11.6 Å². The Morgan fingerprint density at radius 2 is 2.00 bits per heavy atom. The zero-order chi connectivity index (χ0) is 10.8. The Balaban J connectivity index is 2.21. The van der Waals surface area contributed by atoms with Crippen molar-refractivity contribution in [3.05, 3.63) is 35.7 Å². The summed E-state index contributed by atoms with van der Waals surface area (Å²) in [4.78, 5) is 0. The summed E-state index contributed by atoms with van der Waals surface area (Å²) in [6.45, 7) is 1.63. The molecule has 6 heteroatoms. The van der Waals surface area contributed by atoms with Crippen molar-refractivity contribution in [3.8, 4) is 0 Å². The number of benzene rings is 1. The minimum Gasteiger partial charge on any atom is -0.408 e. The number of nitrogens with zero attached hydrogens (tertiary/aromatic N) is 2. The fourth-order valence-electron chi connectivity index (χ4n) is 1.04. The van der Waals surface area contributed by atoms with Gasteiger partial charge in [-0.3, -0.25) is 0 Å². The van der Waals surface area contributed by atoms with Crippen LogP contribution in [0.3, 0.4) is 0 Å². The summed E-state index contributed by atoms with van der Waals surface area (Å²) in [5, 5.41) is 9.87. The molecular weight excluding hydrogens is 204 g/mol. The van der Waals surface area contributed by atoms with Crippen molar-refractivity contribution in [2.75, 3.05) is 5.32 Å². The molecule has 0 aliphatic carbocycles. The molecule has 1 N–H and O–H groups in total. The molecule has 78 valence electrons. The van der Waals surface area contributed by atoms with Gasteiger partial charge in [-0.2, -0.15) is 0 Å². The van der Waals surface area contributed by atoms with E-state index in [1.54, 1.807) is 6.92 Å². The van der Waals surface area contributed by atoms with E-state index in [0.717, 1.165) is 12.1 Å². The minimum absolute atomic E-state index is 0.138. The van der Waals surface area contributed by atoms with Gasteiger partial charge in [0.25, 0.3) is 0 Å². The molecule has 0 saturated heterocycles. The first-order valence-corrected chi connectivity index (χ1v) is 4.17. The Kier molecular flexibility index (Phi) is 2.32. The fourth-order valence-corrected chi connectivity index (χ4v) is 1.04. The maximum Gasteiger partial charge on any atom is 0.320 e. The molecule has 0 bridgehead atoms. The quantitative estimate of drug-likeness (QED) is 0.828. The standard InChI is InChI=1S/C9H7F2N3O/c1-5-13-14-9(15-5)12-6-2-3-7(10)8(11)4-6/h2-4H,1H3,(H,12,14). The van der Waals surface area contributed by atoms with Gasteiger partial charge in [0, 0.05) is 18.7 Å². The van der Waals surface area contributed by atoms with Gasteiger partial charge >= 0.3 is 6.01 Å². The highest BCUT2D eigenvalue weighted by atomic mass is 19.2. The zero-order valence-corrected chi connectivity index (χ0v) is 7.79. The number of anilines is 2. The molecule has 2 rings (SSSR count). The SMILES string of the molecule is Cc1nnc(Nc2ccc(F)c(F)c2)o1. The molecule has 1 heterocycles. The predicted octanol–water partition coefficient (Wildman–Crippen LogP) is 2.40. The molecule has 2 aromatic rings. The molecule has 0 saturated carbocycles. The topological polar surface area (TPSA) is 51.0 Å². The van der Waals surface area contributed by atoms with Crippen molar-refractivity contribution in [1.82, 2.24) is 10.2 Å². The molecule has 0 spiro atoms. The van der Waals surface area contributed by atoms with E-state index < -0.39 is 11.6 Å². The molecule has 0 atom stereocenters. The fraction of sp³-hybridized carbons (Fsp3) is 0.111. The maximum absolute atomic E-state index is 12.8. The van der Waals surface area contributed by atoms with E-state index in [9.17, 15) is 8.78 Å². The number of hydrogen-bond acceptors (Lipinski definition) is 4. The predicted molar refractivity (Wildman–Crippen MR) is 48.7 cm³/mol. The normalized spacial score (nSPS) is 10.3. The Labute approximate surface area is 83.9 Å². The smallest absolute Gasteiger partial charge is 0.320 e. The molecule has 0 unspecified atom stereocenters. The van der Waals surface area contributed by atoms with Gasteiger partial charge < -0.3 is 9.73 Å². The molecule has 4 nitrogen and oxygen atoms in total. The van der Waals surface area contributed by atoms with Crippen molar-refractivity contribution in [2.24, 2.45) is 0 Å². The van der Waals surface area contributed by atoms with Crippen LogP contribution in [0.25, 0.3) is 0 Å². The summed E-state index contributed by atoms with van der Waals surface area (Å²) >= 11 is 0. The molecule has 0 radical (unpaired) electrons. The molecule has 0 amide bonds. The van der Waals surface area contributed by atoms with Crippen LogP contribution in [0, 0.1) is 18.6 Å². The van der Waals surface area contributed by atoms with Gasteiger partial charge in [-0.15, -0.1) is 5.10 Å². The summed E-state index contributed by atoms with van der Waals surface area (Å²) in [5.74, 6) is -1.45. The van der Waals surface area contributed by atoms with Gasteiger partial charge in [0.2, 0.25) is 5.89 Å². The van der Waals surface area contributed by atoms with E-state index in [-0.39, 0.29) is 6.01 Å². The average molecular weight is 211 g/mol. The van der Waals surface area contributed by atoms with Gasteiger partial charge in [0.1, 0.15) is 0 Å². The third-order valence-electron chi connectivity index (χ3n) is 1.70. The maximum atomic E-state index is 12.8. The number of rotatable bonds is 2. The van der Waals surface area contributed by atoms with E-state index in [2.05, 4.69) is 15.5 Å². The minimum atomic E-state index is -0.934. The average Bonchev–Trinajstić information content (AvgIpc) is 2.58. The van der Waals surface area contributed by atoms with Crippen molar-refractivity contribution < 1.29 is 13.2 Å². The largest absolute Gasteiger partial charge is 0.408 e. The van der Waals surface area contributed by atoms with Crippen LogP contribution >= 0.6 is 0 Å². The number of hydrogen-bond donors (Lipinski definition) is 1. The van der Waals surface area contributed by atoms with E-state index in [4.69, 9.17) is 4.42 Å². The molecule has 0 aliphatic heterocycles. The molecule has 1 aromatic carbocycles. The lowest BCUT2D eigenvalue weighted by Gasteiger charge is -2.00. The van der Waals surface area contributed by atoms with E-state index in [1.807, 2.05) is 0 Å². The second-order valence-corrected chi connectivity index (χ2v) is 2.88. The number of halogens is 2. The highest BCUT2D eigenvalue weighted by Crippen LogP contribution is 2.17. The third kappa shape index (κ3) is 2.09. The lowest BCUT2D eigenvalue weighted by atomic mass is 10.3. The van der Waals surface area contributed by atoms with Gasteiger partial charge in [-0.1, -0.05) is 5.10 Å². The summed E-state index contributed by atoms with van der Waals surface area (Å²) in [6.07, 6.45) is 0. The molecular formula is C9H7F2N3O. The molecule has 15 heavy (non-hydrogen) atoms. The number of aryl methyl sites for hydroxylation is 1. The van der Waals surface area contributed by atoms with E-state index in [1.165, 1.54) is 6.07 Å². The summed E-state index contributed by atoms with van der Waals surface area (Å²) < 4.78 is 30.4. The van der Waals surface area contributed by atoms with Crippen molar-refractivity contribution >= 4 is 11.7 Å². The van der Waals surface area contributed by atoms with Crippen LogP contribution < -0.4 is 5.32 Å². The Hall–Kier alpha value is -1.98. The van der Waals surface area contributed by atoms with Crippen LogP contribution in [-0.4, -0.2) is 10.2 Å². The molecule has 0 fully saturated rings. The first-order chi connectivity index (χ1) is 7.15. The van der Waals surface area contributed by atoms with Crippen molar-refractivity contribution in [2.45, 2.75) is 6.92 Å². The summed E-state index contributed by atoms with van der Waals surface area (Å²) in [5.41, 5.74) is 0.345. The monoisotopic (exact) mass is 211 g/mol. The van der Waals surface area contributed by atoms with Crippen molar-refractivity contribution in [3.63, 3.8) is 0 Å². The first kappa shape index (κ1) is 9.57. The summed E-state index contributed by atoms with van der Waals surface area (Å²) in [7, 11) is 0.